The van der Waals surface area contributed by atoms with Crippen LogP contribution in [0.1, 0.15) is 6.42 Å². The molecular formula is C11H14Cl2N2O4. The fraction of sp³-hybridized carbons (Fsp3) is 0.455. The van der Waals surface area contributed by atoms with Crippen molar-refractivity contribution in [2.45, 2.75) is 6.42 Å². The first kappa shape index (κ1) is 16.0. The van der Waals surface area contributed by atoms with Gasteiger partial charge in [-0.25, -0.2) is 0 Å². The molecule has 0 fully saturated rings. The Hall–Kier alpha value is -1.08. The summed E-state index contributed by atoms with van der Waals surface area (Å²) in [4.78, 5) is 10.3. The molecule has 0 aliphatic rings. The first-order chi connectivity index (χ1) is 9.06. The van der Waals surface area contributed by atoms with Crippen LogP contribution in [0.15, 0.2) is 12.1 Å². The molecule has 0 aliphatic carbocycles. The van der Waals surface area contributed by atoms with Gasteiger partial charge in [0.1, 0.15) is 5.69 Å². The van der Waals surface area contributed by atoms with Gasteiger partial charge in [-0.3, -0.25) is 10.1 Å². The maximum Gasteiger partial charge on any atom is 0.293 e. The summed E-state index contributed by atoms with van der Waals surface area (Å²) in [5.74, 6) is 0. The van der Waals surface area contributed by atoms with E-state index in [2.05, 4.69) is 5.32 Å². The van der Waals surface area contributed by atoms with Crippen molar-refractivity contribution in [1.29, 1.82) is 0 Å². The lowest BCUT2D eigenvalue weighted by Gasteiger charge is -2.08. The molecular weight excluding hydrogens is 295 g/mol. The van der Waals surface area contributed by atoms with Crippen LogP contribution in [0.25, 0.3) is 0 Å². The molecule has 2 N–H and O–H groups in total. The minimum absolute atomic E-state index is 0.0221. The van der Waals surface area contributed by atoms with Crippen LogP contribution >= 0.6 is 23.2 Å². The number of rotatable bonds is 8. The van der Waals surface area contributed by atoms with Crippen LogP contribution in [0.4, 0.5) is 11.4 Å². The minimum atomic E-state index is -0.521. The van der Waals surface area contributed by atoms with Crippen molar-refractivity contribution in [2.75, 3.05) is 31.7 Å². The zero-order valence-corrected chi connectivity index (χ0v) is 11.6. The van der Waals surface area contributed by atoms with E-state index in [4.69, 9.17) is 33.0 Å². The highest BCUT2D eigenvalue weighted by atomic mass is 35.5. The zero-order chi connectivity index (χ0) is 14.3. The van der Waals surface area contributed by atoms with Gasteiger partial charge in [0.05, 0.1) is 28.2 Å². The third-order valence-corrected chi connectivity index (χ3v) is 2.97. The van der Waals surface area contributed by atoms with Crippen molar-refractivity contribution < 1.29 is 14.8 Å². The van der Waals surface area contributed by atoms with Crippen molar-refractivity contribution in [3.8, 4) is 0 Å². The van der Waals surface area contributed by atoms with Gasteiger partial charge in [0.25, 0.3) is 5.69 Å². The number of anilines is 1. The van der Waals surface area contributed by atoms with Crippen molar-refractivity contribution in [2.24, 2.45) is 0 Å². The van der Waals surface area contributed by atoms with Gasteiger partial charge in [-0.15, -0.1) is 0 Å². The summed E-state index contributed by atoms with van der Waals surface area (Å²) in [5.41, 5.74) is 0.201. The van der Waals surface area contributed by atoms with Crippen LogP contribution in [0.5, 0.6) is 0 Å². The number of hydrogen-bond donors (Lipinski definition) is 2. The highest BCUT2D eigenvalue weighted by Gasteiger charge is 2.16. The van der Waals surface area contributed by atoms with E-state index < -0.39 is 4.92 Å². The molecule has 0 heterocycles. The van der Waals surface area contributed by atoms with Gasteiger partial charge in [0, 0.05) is 19.2 Å². The quantitative estimate of drug-likeness (QED) is 0.438. The molecule has 0 saturated heterocycles. The highest BCUT2D eigenvalue weighted by Crippen LogP contribution is 2.33. The normalized spacial score (nSPS) is 10.5. The molecule has 8 heteroatoms. The Bertz CT molecular complexity index is 443. The van der Waals surface area contributed by atoms with Gasteiger partial charge in [-0.05, 0) is 12.5 Å². The van der Waals surface area contributed by atoms with Gasteiger partial charge >= 0.3 is 0 Å². The second-order valence-corrected chi connectivity index (χ2v) is 4.47. The van der Waals surface area contributed by atoms with Gasteiger partial charge in [0.15, 0.2) is 0 Å². The van der Waals surface area contributed by atoms with E-state index in [1.54, 1.807) is 0 Å². The fourth-order valence-electron chi connectivity index (χ4n) is 1.39. The summed E-state index contributed by atoms with van der Waals surface area (Å²) in [6, 6.07) is 2.64. The molecule has 0 atom stereocenters. The SMILES string of the molecule is O=[N+]([O-])c1cc(Cl)c(Cl)cc1NCCCOCCO. The summed E-state index contributed by atoms with van der Waals surface area (Å²) in [6.45, 7) is 1.21. The number of ether oxygens (including phenoxy) is 1. The number of halogens is 2. The molecule has 1 rings (SSSR count). The van der Waals surface area contributed by atoms with Crippen molar-refractivity contribution in [1.82, 2.24) is 0 Å². The largest absolute Gasteiger partial charge is 0.394 e. The zero-order valence-electron chi connectivity index (χ0n) is 10.1. The molecule has 1 aromatic carbocycles. The number of nitrogens with zero attached hydrogens (tertiary/aromatic N) is 1. The highest BCUT2D eigenvalue weighted by molar-refractivity contribution is 6.42. The molecule has 0 unspecified atom stereocenters. The Labute approximate surface area is 120 Å². The molecule has 1 aromatic rings. The Balaban J connectivity index is 2.57. The average molecular weight is 309 g/mol. The van der Waals surface area contributed by atoms with E-state index >= 15 is 0 Å². The maximum atomic E-state index is 10.9. The van der Waals surface area contributed by atoms with E-state index in [1.807, 2.05) is 0 Å². The molecule has 19 heavy (non-hydrogen) atoms. The van der Waals surface area contributed by atoms with Crippen molar-refractivity contribution in [3.05, 3.63) is 32.3 Å². The molecule has 0 spiro atoms. The van der Waals surface area contributed by atoms with E-state index in [0.717, 1.165) is 0 Å². The monoisotopic (exact) mass is 308 g/mol. The number of aliphatic hydroxyl groups is 1. The van der Waals surface area contributed by atoms with Crippen LogP contribution < -0.4 is 5.32 Å². The maximum absolute atomic E-state index is 10.9. The third kappa shape index (κ3) is 5.20. The molecule has 0 saturated carbocycles. The average Bonchev–Trinajstić information content (AvgIpc) is 2.37. The second kappa shape index (κ2) is 8.16. The van der Waals surface area contributed by atoms with Crippen LogP contribution in [0.2, 0.25) is 10.0 Å². The third-order valence-electron chi connectivity index (χ3n) is 2.25. The van der Waals surface area contributed by atoms with E-state index in [-0.39, 0.29) is 28.9 Å². The van der Waals surface area contributed by atoms with E-state index in [1.165, 1.54) is 12.1 Å². The van der Waals surface area contributed by atoms with Gasteiger partial charge in [-0.1, -0.05) is 23.2 Å². The number of aliphatic hydroxyl groups excluding tert-OH is 1. The number of nitrogens with one attached hydrogen (secondary N) is 1. The number of hydrogen-bond acceptors (Lipinski definition) is 5. The Morgan fingerprint density at radius 3 is 2.63 bits per heavy atom. The van der Waals surface area contributed by atoms with Gasteiger partial charge < -0.3 is 15.2 Å². The lowest BCUT2D eigenvalue weighted by atomic mass is 10.2. The number of benzene rings is 1. The lowest BCUT2D eigenvalue weighted by Crippen LogP contribution is -2.08. The van der Waals surface area contributed by atoms with Crippen LogP contribution in [-0.4, -0.2) is 36.4 Å². The summed E-state index contributed by atoms with van der Waals surface area (Å²) >= 11 is 11.6. The van der Waals surface area contributed by atoms with Crippen LogP contribution in [-0.2, 0) is 4.74 Å². The molecule has 0 amide bonds. The van der Waals surface area contributed by atoms with Crippen LogP contribution in [0.3, 0.4) is 0 Å². The molecule has 0 aliphatic heterocycles. The minimum Gasteiger partial charge on any atom is -0.394 e. The summed E-state index contributed by atoms with van der Waals surface area (Å²) in [6.07, 6.45) is 0.650. The Morgan fingerprint density at radius 2 is 2.00 bits per heavy atom. The van der Waals surface area contributed by atoms with Crippen LogP contribution in [0, 0.1) is 10.1 Å². The standard InChI is InChI=1S/C11H14Cl2N2O4/c12-8-6-10(11(15(17)18)7-9(8)13)14-2-1-4-19-5-3-16/h6-7,14,16H,1-5H2. The fourth-order valence-corrected chi connectivity index (χ4v) is 1.71. The Morgan fingerprint density at radius 1 is 1.32 bits per heavy atom. The predicted molar refractivity (Wildman–Crippen MR) is 74.1 cm³/mol. The number of nitro groups is 1. The smallest absolute Gasteiger partial charge is 0.293 e. The van der Waals surface area contributed by atoms with E-state index in [0.29, 0.717) is 25.3 Å². The number of nitro benzene ring substituents is 1. The first-order valence-electron chi connectivity index (χ1n) is 5.62. The lowest BCUT2D eigenvalue weighted by molar-refractivity contribution is -0.383. The molecule has 0 aromatic heterocycles. The van der Waals surface area contributed by atoms with E-state index in [9.17, 15) is 10.1 Å². The molecule has 0 radical (unpaired) electrons. The van der Waals surface area contributed by atoms with Crippen molar-refractivity contribution in [3.63, 3.8) is 0 Å². The summed E-state index contributed by atoms with van der Waals surface area (Å²) < 4.78 is 5.07. The van der Waals surface area contributed by atoms with Gasteiger partial charge in [0.2, 0.25) is 0 Å². The topological polar surface area (TPSA) is 84.6 Å². The summed E-state index contributed by atoms with van der Waals surface area (Å²) in [7, 11) is 0. The Kier molecular flexibility index (Phi) is 6.86. The first-order valence-corrected chi connectivity index (χ1v) is 6.37. The van der Waals surface area contributed by atoms with Crippen molar-refractivity contribution >= 4 is 34.6 Å². The molecule has 106 valence electrons. The predicted octanol–water partition coefficient (Wildman–Crippen LogP) is 2.71. The summed E-state index contributed by atoms with van der Waals surface area (Å²) in [5, 5.41) is 22.7. The molecule has 0 bridgehead atoms. The molecule has 6 nitrogen and oxygen atoms in total. The van der Waals surface area contributed by atoms with Gasteiger partial charge in [-0.2, -0.15) is 0 Å². The second-order valence-electron chi connectivity index (χ2n) is 3.66.